The second-order valence-corrected chi connectivity index (χ2v) is 7.60. The van der Waals surface area contributed by atoms with E-state index in [0.29, 0.717) is 46.6 Å². The number of aromatic nitrogens is 2. The first-order chi connectivity index (χ1) is 15.3. The Morgan fingerprint density at radius 3 is 2.44 bits per heavy atom. The van der Waals surface area contributed by atoms with Gasteiger partial charge in [0.15, 0.2) is 0 Å². The van der Waals surface area contributed by atoms with E-state index in [1.807, 2.05) is 0 Å². The van der Waals surface area contributed by atoms with E-state index in [4.69, 9.17) is 9.47 Å². The SMILES string of the molecule is COc1ccc(-c2cc(C(=O)NCCC(C)C)n(-c3ccc([N+](=O)[O-])cc3)n2)c(OC)c1. The van der Waals surface area contributed by atoms with Crippen molar-refractivity contribution in [3.8, 4) is 28.4 Å². The Labute approximate surface area is 186 Å². The molecule has 0 saturated carbocycles. The van der Waals surface area contributed by atoms with E-state index in [2.05, 4.69) is 24.3 Å². The van der Waals surface area contributed by atoms with Gasteiger partial charge in [-0.3, -0.25) is 14.9 Å². The zero-order chi connectivity index (χ0) is 23.3. The number of amides is 1. The number of hydrogen-bond donors (Lipinski definition) is 1. The van der Waals surface area contributed by atoms with Crippen molar-refractivity contribution in [2.24, 2.45) is 5.92 Å². The highest BCUT2D eigenvalue weighted by Crippen LogP contribution is 2.33. The van der Waals surface area contributed by atoms with Crippen molar-refractivity contribution in [3.63, 3.8) is 0 Å². The van der Waals surface area contributed by atoms with Crippen LogP contribution in [0.4, 0.5) is 5.69 Å². The molecule has 0 aliphatic heterocycles. The number of non-ortho nitro benzene ring substituents is 1. The molecular formula is C23H26N4O5. The lowest BCUT2D eigenvalue weighted by Gasteiger charge is -2.09. The van der Waals surface area contributed by atoms with Crippen molar-refractivity contribution in [2.75, 3.05) is 20.8 Å². The summed E-state index contributed by atoms with van der Waals surface area (Å²) >= 11 is 0. The number of rotatable bonds is 9. The van der Waals surface area contributed by atoms with Gasteiger partial charge in [0.1, 0.15) is 17.2 Å². The Balaban J connectivity index is 2.05. The van der Waals surface area contributed by atoms with E-state index in [1.165, 1.54) is 16.8 Å². The fraction of sp³-hybridized carbons (Fsp3) is 0.304. The maximum absolute atomic E-state index is 13.0. The highest BCUT2D eigenvalue weighted by Gasteiger charge is 2.20. The summed E-state index contributed by atoms with van der Waals surface area (Å²) in [7, 11) is 3.11. The summed E-state index contributed by atoms with van der Waals surface area (Å²) < 4.78 is 12.2. The van der Waals surface area contributed by atoms with Crippen LogP contribution in [0, 0.1) is 16.0 Å². The summed E-state index contributed by atoms with van der Waals surface area (Å²) in [6.45, 7) is 4.70. The zero-order valence-corrected chi connectivity index (χ0v) is 18.5. The maximum atomic E-state index is 13.0. The molecule has 1 heterocycles. The van der Waals surface area contributed by atoms with Crippen LogP contribution < -0.4 is 14.8 Å². The third kappa shape index (κ3) is 5.05. The number of nitrogens with one attached hydrogen (secondary N) is 1. The van der Waals surface area contributed by atoms with Crippen molar-refractivity contribution in [3.05, 3.63) is 64.3 Å². The number of nitro groups is 1. The molecule has 0 aliphatic rings. The molecule has 9 heteroatoms. The molecule has 0 aliphatic carbocycles. The first-order valence-electron chi connectivity index (χ1n) is 10.2. The minimum Gasteiger partial charge on any atom is -0.497 e. The lowest BCUT2D eigenvalue weighted by atomic mass is 10.1. The highest BCUT2D eigenvalue weighted by atomic mass is 16.6. The molecule has 1 amide bonds. The van der Waals surface area contributed by atoms with E-state index in [1.54, 1.807) is 50.6 Å². The van der Waals surface area contributed by atoms with Crippen LogP contribution in [0.2, 0.25) is 0 Å². The standard InChI is InChI=1S/C23H26N4O5/c1-15(2)11-12-24-23(28)21-14-20(19-10-9-18(31-3)13-22(19)32-4)25-26(21)16-5-7-17(8-6-16)27(29)30/h5-10,13-15H,11-12H2,1-4H3,(H,24,28). The number of nitro benzene ring substituents is 1. The van der Waals surface area contributed by atoms with Crippen molar-refractivity contribution >= 4 is 11.6 Å². The first kappa shape index (κ1) is 22.8. The molecule has 0 atom stereocenters. The molecular weight excluding hydrogens is 412 g/mol. The summed E-state index contributed by atoms with van der Waals surface area (Å²) in [5.74, 6) is 1.35. The van der Waals surface area contributed by atoms with Crippen molar-refractivity contribution in [1.29, 1.82) is 0 Å². The number of carbonyl (C=O) groups is 1. The summed E-state index contributed by atoms with van der Waals surface area (Å²) in [5.41, 5.74) is 2.02. The predicted molar refractivity (Wildman–Crippen MR) is 121 cm³/mol. The second-order valence-electron chi connectivity index (χ2n) is 7.60. The van der Waals surface area contributed by atoms with Gasteiger partial charge in [-0.15, -0.1) is 0 Å². The Bertz CT molecular complexity index is 1110. The fourth-order valence-electron chi connectivity index (χ4n) is 3.16. The average molecular weight is 438 g/mol. The quantitative estimate of drug-likeness (QED) is 0.395. The van der Waals surface area contributed by atoms with E-state index >= 15 is 0 Å². The van der Waals surface area contributed by atoms with E-state index in [9.17, 15) is 14.9 Å². The van der Waals surface area contributed by atoms with E-state index < -0.39 is 4.92 Å². The van der Waals surface area contributed by atoms with Crippen molar-refractivity contribution < 1.29 is 19.2 Å². The third-order valence-electron chi connectivity index (χ3n) is 4.94. The molecule has 0 spiro atoms. The van der Waals surface area contributed by atoms with Gasteiger partial charge in [0, 0.05) is 30.3 Å². The van der Waals surface area contributed by atoms with Crippen LogP contribution in [0.15, 0.2) is 48.5 Å². The maximum Gasteiger partial charge on any atom is 0.270 e. The lowest BCUT2D eigenvalue weighted by Crippen LogP contribution is -2.27. The third-order valence-corrected chi connectivity index (χ3v) is 4.94. The smallest absolute Gasteiger partial charge is 0.270 e. The molecule has 0 bridgehead atoms. The topological polar surface area (TPSA) is 109 Å². The Morgan fingerprint density at radius 1 is 1.12 bits per heavy atom. The Morgan fingerprint density at radius 2 is 1.84 bits per heavy atom. The molecule has 32 heavy (non-hydrogen) atoms. The number of carbonyl (C=O) groups excluding carboxylic acids is 1. The van der Waals surface area contributed by atoms with E-state index in [-0.39, 0.29) is 11.6 Å². The van der Waals surface area contributed by atoms with Crippen LogP contribution in [0.1, 0.15) is 30.8 Å². The van der Waals surface area contributed by atoms with Gasteiger partial charge in [-0.25, -0.2) is 4.68 Å². The first-order valence-corrected chi connectivity index (χ1v) is 10.2. The van der Waals surface area contributed by atoms with Gasteiger partial charge in [-0.2, -0.15) is 5.10 Å². The van der Waals surface area contributed by atoms with Crippen LogP contribution in [0.25, 0.3) is 16.9 Å². The molecule has 0 fully saturated rings. The molecule has 3 aromatic rings. The summed E-state index contributed by atoms with van der Waals surface area (Å²) in [6, 6.07) is 12.9. The number of hydrogen-bond acceptors (Lipinski definition) is 6. The highest BCUT2D eigenvalue weighted by molar-refractivity contribution is 5.94. The van der Waals surface area contributed by atoms with Crippen molar-refractivity contribution in [1.82, 2.24) is 15.1 Å². The molecule has 9 nitrogen and oxygen atoms in total. The van der Waals surface area contributed by atoms with Gasteiger partial charge >= 0.3 is 0 Å². The molecule has 0 unspecified atom stereocenters. The number of benzene rings is 2. The largest absolute Gasteiger partial charge is 0.497 e. The molecule has 0 saturated heterocycles. The molecule has 1 aromatic heterocycles. The minimum absolute atomic E-state index is 0.0408. The number of methoxy groups -OCH3 is 2. The van der Waals surface area contributed by atoms with Gasteiger partial charge in [0.05, 0.1) is 30.5 Å². The number of nitrogens with zero attached hydrogens (tertiary/aromatic N) is 3. The van der Waals surface area contributed by atoms with Crippen LogP contribution in [0.3, 0.4) is 0 Å². The van der Waals surface area contributed by atoms with Gasteiger partial charge in [-0.1, -0.05) is 13.8 Å². The summed E-state index contributed by atoms with van der Waals surface area (Å²) in [4.78, 5) is 23.5. The zero-order valence-electron chi connectivity index (χ0n) is 18.5. The summed E-state index contributed by atoms with van der Waals surface area (Å²) in [6.07, 6.45) is 0.844. The van der Waals surface area contributed by atoms with Crippen LogP contribution >= 0.6 is 0 Å². The second kappa shape index (κ2) is 9.95. The van der Waals surface area contributed by atoms with Gasteiger partial charge in [0.25, 0.3) is 11.6 Å². The van der Waals surface area contributed by atoms with Crippen LogP contribution in [-0.4, -0.2) is 41.4 Å². The Kier molecular flexibility index (Phi) is 7.09. The monoisotopic (exact) mass is 438 g/mol. The molecule has 3 rings (SSSR count). The molecule has 1 N–H and O–H groups in total. The van der Waals surface area contributed by atoms with Crippen LogP contribution in [-0.2, 0) is 0 Å². The predicted octanol–water partition coefficient (Wildman–Crippen LogP) is 4.24. The lowest BCUT2D eigenvalue weighted by molar-refractivity contribution is -0.384. The van der Waals surface area contributed by atoms with Gasteiger partial charge in [0.2, 0.25) is 0 Å². The average Bonchev–Trinajstić information content (AvgIpc) is 3.23. The normalized spacial score (nSPS) is 10.8. The minimum atomic E-state index is -0.472. The number of ether oxygens (including phenoxy) is 2. The molecule has 2 aromatic carbocycles. The summed E-state index contributed by atoms with van der Waals surface area (Å²) in [5, 5.41) is 18.5. The van der Waals surface area contributed by atoms with Gasteiger partial charge in [-0.05, 0) is 42.7 Å². The fourth-order valence-corrected chi connectivity index (χ4v) is 3.16. The Hall–Kier alpha value is -3.88. The van der Waals surface area contributed by atoms with Crippen LogP contribution in [0.5, 0.6) is 11.5 Å². The van der Waals surface area contributed by atoms with E-state index in [0.717, 1.165) is 6.42 Å². The van der Waals surface area contributed by atoms with Gasteiger partial charge < -0.3 is 14.8 Å². The van der Waals surface area contributed by atoms with Crippen molar-refractivity contribution in [2.45, 2.75) is 20.3 Å². The molecule has 0 radical (unpaired) electrons. The molecule has 168 valence electrons.